The number of H-pyrrole nitrogens is 1. The minimum atomic E-state index is -0.545. The number of nitro benzene ring substituents is 1. The fourth-order valence-electron chi connectivity index (χ4n) is 2.53. The second-order valence-electron chi connectivity index (χ2n) is 5.38. The van der Waals surface area contributed by atoms with Crippen LogP contribution in [0.4, 0.5) is 5.69 Å². The Labute approximate surface area is 137 Å². The van der Waals surface area contributed by atoms with Gasteiger partial charge in [-0.2, -0.15) is 0 Å². The van der Waals surface area contributed by atoms with E-state index in [0.29, 0.717) is 5.56 Å². The van der Waals surface area contributed by atoms with Crippen molar-refractivity contribution in [1.82, 2.24) is 10.3 Å². The number of amides is 1. The molecule has 0 fully saturated rings. The van der Waals surface area contributed by atoms with E-state index < -0.39 is 4.92 Å². The van der Waals surface area contributed by atoms with Crippen molar-refractivity contribution < 1.29 is 14.8 Å². The van der Waals surface area contributed by atoms with Gasteiger partial charge < -0.3 is 15.4 Å². The molecule has 1 amide bonds. The molecule has 1 aromatic heterocycles. The number of para-hydroxylation sites is 1. The highest BCUT2D eigenvalue weighted by Gasteiger charge is 2.12. The van der Waals surface area contributed by atoms with Crippen LogP contribution < -0.4 is 5.32 Å². The summed E-state index contributed by atoms with van der Waals surface area (Å²) < 4.78 is 0. The summed E-state index contributed by atoms with van der Waals surface area (Å²) in [6, 6.07) is 11.4. The van der Waals surface area contributed by atoms with Crippen LogP contribution in [0.5, 0.6) is 5.75 Å². The van der Waals surface area contributed by atoms with Crippen LogP contribution in [0.2, 0.25) is 0 Å². The maximum atomic E-state index is 12.1. The number of aromatic hydroxyl groups is 1. The summed E-state index contributed by atoms with van der Waals surface area (Å²) in [7, 11) is 0. The molecule has 0 saturated heterocycles. The van der Waals surface area contributed by atoms with Crippen molar-refractivity contribution >= 4 is 22.5 Å². The van der Waals surface area contributed by atoms with E-state index in [2.05, 4.69) is 10.3 Å². The van der Waals surface area contributed by atoms with E-state index in [9.17, 15) is 20.0 Å². The number of benzene rings is 2. The number of rotatable bonds is 5. The lowest BCUT2D eigenvalue weighted by Gasteiger charge is -2.07. The number of aromatic nitrogens is 1. The van der Waals surface area contributed by atoms with Crippen LogP contribution in [0.3, 0.4) is 0 Å². The maximum absolute atomic E-state index is 12.1. The number of fused-ring (bicyclic) bond motifs is 1. The number of non-ortho nitro benzene ring substituents is 1. The number of phenols is 1. The molecule has 3 N–H and O–H groups in total. The van der Waals surface area contributed by atoms with Crippen LogP contribution in [0.1, 0.15) is 11.1 Å². The first-order chi connectivity index (χ1) is 11.5. The van der Waals surface area contributed by atoms with Gasteiger partial charge in [-0.15, -0.1) is 0 Å². The second-order valence-corrected chi connectivity index (χ2v) is 5.38. The summed E-state index contributed by atoms with van der Waals surface area (Å²) in [5, 5.41) is 24.2. The standard InChI is InChI=1S/C17H15N3O4/c21-16-6-5-13(20(23)24)7-12(16)10-19-17(22)8-11-9-18-15-4-2-1-3-14(11)15/h1-7,9,18,21H,8,10H2,(H,19,22). The third-order valence-corrected chi connectivity index (χ3v) is 3.78. The topological polar surface area (TPSA) is 108 Å². The van der Waals surface area contributed by atoms with E-state index in [1.54, 1.807) is 6.20 Å². The number of phenolic OH excluding ortho intramolecular Hbond substituents is 1. The van der Waals surface area contributed by atoms with E-state index in [4.69, 9.17) is 0 Å². The molecule has 2 aromatic carbocycles. The number of nitro groups is 1. The minimum Gasteiger partial charge on any atom is -0.508 e. The molecule has 0 atom stereocenters. The van der Waals surface area contributed by atoms with E-state index in [1.807, 2.05) is 24.3 Å². The summed E-state index contributed by atoms with van der Waals surface area (Å²) in [6.07, 6.45) is 1.97. The number of carbonyl (C=O) groups excluding carboxylic acids is 1. The Bertz CT molecular complexity index is 917. The normalized spacial score (nSPS) is 10.7. The first kappa shape index (κ1) is 15.5. The van der Waals surface area contributed by atoms with Crippen LogP contribution in [0.15, 0.2) is 48.7 Å². The molecule has 0 spiro atoms. The number of aromatic amines is 1. The van der Waals surface area contributed by atoms with Gasteiger partial charge >= 0.3 is 0 Å². The highest BCUT2D eigenvalue weighted by Crippen LogP contribution is 2.23. The van der Waals surface area contributed by atoms with E-state index >= 15 is 0 Å². The highest BCUT2D eigenvalue weighted by atomic mass is 16.6. The summed E-state index contributed by atoms with van der Waals surface area (Å²) in [5.74, 6) is -0.321. The third kappa shape index (κ3) is 3.19. The average Bonchev–Trinajstić information content (AvgIpc) is 2.97. The zero-order valence-electron chi connectivity index (χ0n) is 12.7. The van der Waals surface area contributed by atoms with Gasteiger partial charge in [0, 0.05) is 41.3 Å². The van der Waals surface area contributed by atoms with E-state index in [1.165, 1.54) is 18.2 Å². The van der Waals surface area contributed by atoms with Crippen molar-refractivity contribution in [3.05, 3.63) is 69.9 Å². The quantitative estimate of drug-likeness (QED) is 0.495. The third-order valence-electron chi connectivity index (χ3n) is 3.78. The van der Waals surface area contributed by atoms with Crippen LogP contribution in [0, 0.1) is 10.1 Å². The number of hydrogen-bond acceptors (Lipinski definition) is 4. The highest BCUT2D eigenvalue weighted by molar-refractivity contribution is 5.88. The molecule has 122 valence electrons. The lowest BCUT2D eigenvalue weighted by Crippen LogP contribution is -2.24. The van der Waals surface area contributed by atoms with Crippen LogP contribution in [0.25, 0.3) is 10.9 Å². The molecule has 24 heavy (non-hydrogen) atoms. The average molecular weight is 325 g/mol. The summed E-state index contributed by atoms with van der Waals surface area (Å²) in [5.41, 5.74) is 1.99. The first-order valence-electron chi connectivity index (χ1n) is 7.32. The Kier molecular flexibility index (Phi) is 4.15. The van der Waals surface area contributed by atoms with Gasteiger partial charge in [0.25, 0.3) is 5.69 Å². The smallest absolute Gasteiger partial charge is 0.270 e. The predicted octanol–water partition coefficient (Wildman–Crippen LogP) is 2.64. The van der Waals surface area contributed by atoms with Gasteiger partial charge in [0.05, 0.1) is 11.3 Å². The maximum Gasteiger partial charge on any atom is 0.270 e. The Morgan fingerprint density at radius 2 is 2.00 bits per heavy atom. The Morgan fingerprint density at radius 1 is 1.21 bits per heavy atom. The van der Waals surface area contributed by atoms with Crippen molar-refractivity contribution in [3.63, 3.8) is 0 Å². The van der Waals surface area contributed by atoms with Crippen LogP contribution in [-0.4, -0.2) is 20.9 Å². The van der Waals surface area contributed by atoms with Gasteiger partial charge in [-0.25, -0.2) is 0 Å². The molecule has 0 saturated carbocycles. The lowest BCUT2D eigenvalue weighted by molar-refractivity contribution is -0.384. The SMILES string of the molecule is O=C(Cc1c[nH]c2ccccc12)NCc1cc([N+](=O)[O-])ccc1O. The first-order valence-corrected chi connectivity index (χ1v) is 7.32. The molecule has 0 aliphatic carbocycles. The predicted molar refractivity (Wildman–Crippen MR) is 88.6 cm³/mol. The molecule has 1 heterocycles. The van der Waals surface area contributed by atoms with Crippen LogP contribution in [-0.2, 0) is 17.8 Å². The summed E-state index contributed by atoms with van der Waals surface area (Å²) >= 11 is 0. The molecule has 7 heteroatoms. The fraction of sp³-hybridized carbons (Fsp3) is 0.118. The van der Waals surface area contributed by atoms with E-state index in [-0.39, 0.29) is 30.3 Å². The monoisotopic (exact) mass is 325 g/mol. The van der Waals surface area contributed by atoms with Crippen molar-refractivity contribution in [2.75, 3.05) is 0 Å². The van der Waals surface area contributed by atoms with Gasteiger partial charge in [0.1, 0.15) is 5.75 Å². The molecule has 0 aliphatic heterocycles. The van der Waals surface area contributed by atoms with Crippen molar-refractivity contribution in [2.45, 2.75) is 13.0 Å². The number of hydrogen-bond donors (Lipinski definition) is 3. The number of nitrogens with one attached hydrogen (secondary N) is 2. The molecule has 7 nitrogen and oxygen atoms in total. The van der Waals surface area contributed by atoms with Crippen molar-refractivity contribution in [1.29, 1.82) is 0 Å². The molecule has 3 aromatic rings. The Balaban J connectivity index is 1.68. The minimum absolute atomic E-state index is 0.0225. The lowest BCUT2D eigenvalue weighted by atomic mass is 10.1. The summed E-state index contributed by atoms with van der Waals surface area (Å²) in [4.78, 5) is 25.4. The van der Waals surface area contributed by atoms with Gasteiger partial charge in [0.15, 0.2) is 0 Å². The van der Waals surface area contributed by atoms with E-state index in [0.717, 1.165) is 16.5 Å². The van der Waals surface area contributed by atoms with Crippen molar-refractivity contribution in [3.8, 4) is 5.75 Å². The Hall–Kier alpha value is -3.35. The molecular weight excluding hydrogens is 310 g/mol. The number of nitrogens with zero attached hydrogens (tertiary/aromatic N) is 1. The zero-order valence-corrected chi connectivity index (χ0v) is 12.7. The van der Waals surface area contributed by atoms with Gasteiger partial charge in [0.2, 0.25) is 5.91 Å². The molecular formula is C17H15N3O4. The zero-order chi connectivity index (χ0) is 17.1. The molecule has 0 bridgehead atoms. The Morgan fingerprint density at radius 3 is 2.79 bits per heavy atom. The molecule has 0 unspecified atom stereocenters. The largest absolute Gasteiger partial charge is 0.508 e. The van der Waals surface area contributed by atoms with Gasteiger partial charge in [-0.05, 0) is 17.7 Å². The van der Waals surface area contributed by atoms with Crippen LogP contribution >= 0.6 is 0 Å². The van der Waals surface area contributed by atoms with Gasteiger partial charge in [-0.3, -0.25) is 14.9 Å². The molecule has 3 rings (SSSR count). The van der Waals surface area contributed by atoms with Crippen molar-refractivity contribution in [2.24, 2.45) is 0 Å². The molecule has 0 aliphatic rings. The second kappa shape index (κ2) is 6.41. The van der Waals surface area contributed by atoms with Gasteiger partial charge in [-0.1, -0.05) is 18.2 Å². The fourth-order valence-corrected chi connectivity index (χ4v) is 2.53. The molecule has 0 radical (unpaired) electrons. The summed E-state index contributed by atoms with van der Waals surface area (Å²) in [6.45, 7) is 0.0225. The number of carbonyl (C=O) groups is 1.